The molecular weight excluding hydrogens is 361 g/mol. The van der Waals surface area contributed by atoms with Crippen LogP contribution in [0.15, 0.2) is 34.8 Å². The second kappa shape index (κ2) is 6.66. The number of hydrogen-bond donors (Lipinski definition) is 1. The first-order valence-corrected chi connectivity index (χ1v) is 7.56. The summed E-state index contributed by atoms with van der Waals surface area (Å²) in [5.74, 6) is 1.31. The minimum absolute atomic E-state index is 0.510. The first-order valence-electron chi connectivity index (χ1n) is 6.01. The van der Waals surface area contributed by atoms with Gasteiger partial charge in [-0.3, -0.25) is 0 Å². The molecule has 0 radical (unpaired) electrons. The molecule has 1 aromatic carbocycles. The Morgan fingerprint density at radius 3 is 2.60 bits per heavy atom. The van der Waals surface area contributed by atoms with Crippen LogP contribution in [0.4, 0.5) is 11.6 Å². The minimum Gasteiger partial charge on any atom is -0.372 e. The summed E-state index contributed by atoms with van der Waals surface area (Å²) in [4.78, 5) is 6.44. The monoisotopic (exact) mass is 373 g/mol. The van der Waals surface area contributed by atoms with Crippen LogP contribution in [-0.4, -0.2) is 19.1 Å². The Kier molecular flexibility index (Phi) is 5.13. The van der Waals surface area contributed by atoms with Crippen molar-refractivity contribution in [1.82, 2.24) is 4.98 Å². The molecule has 0 aliphatic rings. The summed E-state index contributed by atoms with van der Waals surface area (Å²) in [5.41, 5.74) is 1.16. The zero-order valence-corrected chi connectivity index (χ0v) is 14.2. The van der Waals surface area contributed by atoms with Gasteiger partial charge >= 0.3 is 0 Å². The number of halogens is 3. The van der Waals surface area contributed by atoms with Gasteiger partial charge in [0.25, 0.3) is 0 Å². The fraction of sp³-hybridized carbons (Fsp3) is 0.214. The number of rotatable bonds is 4. The van der Waals surface area contributed by atoms with Crippen molar-refractivity contribution in [1.29, 1.82) is 0 Å². The molecule has 3 nitrogen and oxygen atoms in total. The van der Waals surface area contributed by atoms with Gasteiger partial charge in [-0.05, 0) is 17.7 Å². The predicted molar refractivity (Wildman–Crippen MR) is 90.1 cm³/mol. The first-order chi connectivity index (χ1) is 9.52. The third-order valence-corrected chi connectivity index (χ3v) is 4.21. The Morgan fingerprint density at radius 1 is 1.25 bits per heavy atom. The van der Waals surface area contributed by atoms with Gasteiger partial charge in [-0.15, -0.1) is 0 Å². The molecule has 2 rings (SSSR count). The van der Waals surface area contributed by atoms with Crippen LogP contribution in [0, 0.1) is 0 Å². The first kappa shape index (κ1) is 15.4. The summed E-state index contributed by atoms with van der Waals surface area (Å²) < 4.78 is 1.06. The molecule has 0 amide bonds. The summed E-state index contributed by atoms with van der Waals surface area (Å²) in [6.45, 7) is 0.693. The molecule has 0 spiro atoms. The van der Waals surface area contributed by atoms with E-state index < -0.39 is 0 Å². The molecule has 0 saturated heterocycles. The SMILES string of the molecule is CNc1nc(N(C)Cc2ccccc2Br)c(Cl)cc1Cl. The maximum Gasteiger partial charge on any atom is 0.149 e. The molecule has 1 aromatic heterocycles. The highest BCUT2D eigenvalue weighted by molar-refractivity contribution is 9.10. The van der Waals surface area contributed by atoms with Crippen LogP contribution in [0.25, 0.3) is 0 Å². The van der Waals surface area contributed by atoms with Crippen molar-refractivity contribution in [3.63, 3.8) is 0 Å². The molecule has 0 bridgehead atoms. The zero-order valence-electron chi connectivity index (χ0n) is 11.1. The van der Waals surface area contributed by atoms with Crippen molar-refractivity contribution in [3.05, 3.63) is 50.4 Å². The normalized spacial score (nSPS) is 10.4. The lowest BCUT2D eigenvalue weighted by Gasteiger charge is -2.21. The van der Waals surface area contributed by atoms with Crippen molar-refractivity contribution in [2.45, 2.75) is 6.54 Å². The number of hydrogen-bond acceptors (Lipinski definition) is 3. The highest BCUT2D eigenvalue weighted by Gasteiger charge is 2.13. The predicted octanol–water partition coefficient (Wildman–Crippen LogP) is 4.83. The minimum atomic E-state index is 0.510. The number of benzene rings is 1. The molecule has 0 saturated carbocycles. The van der Waals surface area contributed by atoms with Crippen molar-refractivity contribution in [2.24, 2.45) is 0 Å². The zero-order chi connectivity index (χ0) is 14.7. The van der Waals surface area contributed by atoms with Gasteiger partial charge in [-0.25, -0.2) is 4.98 Å². The van der Waals surface area contributed by atoms with Crippen LogP contribution in [0.5, 0.6) is 0 Å². The molecule has 1 N–H and O–H groups in total. The van der Waals surface area contributed by atoms with Gasteiger partial charge in [-0.2, -0.15) is 0 Å². The standard InChI is InChI=1S/C14H14BrCl2N3/c1-18-13-11(16)7-12(17)14(19-13)20(2)8-9-5-3-4-6-10(9)15/h3-7H,8H2,1-2H3,(H,18,19). The van der Waals surface area contributed by atoms with E-state index >= 15 is 0 Å². The van der Waals surface area contributed by atoms with Crippen LogP contribution in [-0.2, 0) is 6.54 Å². The lowest BCUT2D eigenvalue weighted by molar-refractivity contribution is 0.895. The molecule has 106 valence electrons. The fourth-order valence-electron chi connectivity index (χ4n) is 1.86. The average molecular weight is 375 g/mol. The highest BCUT2D eigenvalue weighted by Crippen LogP contribution is 2.31. The van der Waals surface area contributed by atoms with Crippen molar-refractivity contribution in [3.8, 4) is 0 Å². The topological polar surface area (TPSA) is 28.2 Å². The smallest absolute Gasteiger partial charge is 0.149 e. The molecule has 6 heteroatoms. The number of anilines is 2. The van der Waals surface area contributed by atoms with Gasteiger partial charge in [0, 0.05) is 25.1 Å². The molecule has 0 aliphatic carbocycles. The summed E-state index contributed by atoms with van der Waals surface area (Å²) in [6.07, 6.45) is 0. The van der Waals surface area contributed by atoms with Crippen LogP contribution < -0.4 is 10.2 Å². The van der Waals surface area contributed by atoms with E-state index in [0.29, 0.717) is 28.2 Å². The van der Waals surface area contributed by atoms with E-state index in [1.807, 2.05) is 30.1 Å². The summed E-state index contributed by atoms with van der Waals surface area (Å²) in [6, 6.07) is 9.76. The summed E-state index contributed by atoms with van der Waals surface area (Å²) >= 11 is 15.8. The molecule has 0 unspecified atom stereocenters. The molecule has 0 atom stereocenters. The van der Waals surface area contributed by atoms with E-state index in [1.165, 1.54) is 0 Å². The van der Waals surface area contributed by atoms with Crippen LogP contribution in [0.2, 0.25) is 10.0 Å². The molecule has 0 aliphatic heterocycles. The Hall–Kier alpha value is -0.970. The van der Waals surface area contributed by atoms with Crippen LogP contribution in [0.1, 0.15) is 5.56 Å². The molecule has 20 heavy (non-hydrogen) atoms. The Labute approximate surface area is 137 Å². The van der Waals surface area contributed by atoms with E-state index in [-0.39, 0.29) is 0 Å². The lowest BCUT2D eigenvalue weighted by atomic mass is 10.2. The van der Waals surface area contributed by atoms with Crippen molar-refractivity contribution in [2.75, 3.05) is 24.3 Å². The highest BCUT2D eigenvalue weighted by atomic mass is 79.9. The average Bonchev–Trinajstić information content (AvgIpc) is 2.41. The van der Waals surface area contributed by atoms with Gasteiger partial charge < -0.3 is 10.2 Å². The molecule has 2 aromatic rings. The third-order valence-electron chi connectivity index (χ3n) is 2.87. The van der Waals surface area contributed by atoms with E-state index in [1.54, 1.807) is 13.1 Å². The van der Waals surface area contributed by atoms with Crippen LogP contribution in [0.3, 0.4) is 0 Å². The Morgan fingerprint density at radius 2 is 1.95 bits per heavy atom. The van der Waals surface area contributed by atoms with Gasteiger partial charge in [0.2, 0.25) is 0 Å². The van der Waals surface area contributed by atoms with E-state index in [2.05, 4.69) is 32.3 Å². The maximum atomic E-state index is 6.23. The van der Waals surface area contributed by atoms with Gasteiger partial charge in [-0.1, -0.05) is 57.3 Å². The quantitative estimate of drug-likeness (QED) is 0.830. The second-order valence-electron chi connectivity index (χ2n) is 4.32. The molecule has 1 heterocycles. The molecular formula is C14H14BrCl2N3. The summed E-state index contributed by atoms with van der Waals surface area (Å²) in [7, 11) is 3.72. The number of nitrogens with zero attached hydrogens (tertiary/aromatic N) is 2. The Balaban J connectivity index is 2.30. The number of pyridine rings is 1. The molecule has 0 fully saturated rings. The summed E-state index contributed by atoms with van der Waals surface area (Å²) in [5, 5.41) is 4.00. The fourth-order valence-corrected chi connectivity index (χ4v) is 2.86. The van der Waals surface area contributed by atoms with Gasteiger partial charge in [0.15, 0.2) is 0 Å². The van der Waals surface area contributed by atoms with Crippen LogP contribution >= 0.6 is 39.1 Å². The van der Waals surface area contributed by atoms with Crippen molar-refractivity contribution >= 4 is 50.8 Å². The maximum absolute atomic E-state index is 6.23. The number of nitrogens with one attached hydrogen (secondary N) is 1. The third kappa shape index (κ3) is 3.37. The van der Waals surface area contributed by atoms with E-state index in [4.69, 9.17) is 23.2 Å². The largest absolute Gasteiger partial charge is 0.372 e. The van der Waals surface area contributed by atoms with E-state index in [9.17, 15) is 0 Å². The van der Waals surface area contributed by atoms with Gasteiger partial charge in [0.05, 0.1) is 10.0 Å². The lowest BCUT2D eigenvalue weighted by Crippen LogP contribution is -2.19. The number of aromatic nitrogens is 1. The van der Waals surface area contributed by atoms with Gasteiger partial charge in [0.1, 0.15) is 11.6 Å². The van der Waals surface area contributed by atoms with Crippen molar-refractivity contribution < 1.29 is 0 Å². The second-order valence-corrected chi connectivity index (χ2v) is 5.99. The van der Waals surface area contributed by atoms with E-state index in [0.717, 1.165) is 10.0 Å². The Bertz CT molecular complexity index is 619.